The second-order valence-corrected chi connectivity index (χ2v) is 6.89. The molecule has 1 unspecified atom stereocenters. The normalized spacial score (nSPS) is 17.4. The van der Waals surface area contributed by atoms with Crippen LogP contribution in [-0.2, 0) is 11.3 Å². The van der Waals surface area contributed by atoms with Crippen molar-refractivity contribution in [3.05, 3.63) is 57.3 Å². The quantitative estimate of drug-likeness (QED) is 0.819. The molecule has 0 saturated heterocycles. The molecule has 0 aliphatic carbocycles. The molecule has 0 fully saturated rings. The molecule has 23 heavy (non-hydrogen) atoms. The zero-order valence-electron chi connectivity index (χ0n) is 12.9. The van der Waals surface area contributed by atoms with Crippen molar-refractivity contribution in [1.82, 2.24) is 4.57 Å². The van der Waals surface area contributed by atoms with Crippen molar-refractivity contribution >= 4 is 27.7 Å². The van der Waals surface area contributed by atoms with Crippen molar-refractivity contribution in [3.63, 3.8) is 0 Å². The van der Waals surface area contributed by atoms with Crippen LogP contribution in [0.4, 0.5) is 0 Å². The molecule has 1 aliphatic rings. The number of aryl methyl sites for hydroxylation is 1. The van der Waals surface area contributed by atoms with Crippen LogP contribution in [0.15, 0.2) is 34.8 Å². The van der Waals surface area contributed by atoms with Gasteiger partial charge in [0.2, 0.25) is 5.78 Å². The number of ketones is 1. The highest BCUT2D eigenvalue weighted by atomic mass is 79.9. The summed E-state index contributed by atoms with van der Waals surface area (Å²) < 4.78 is 2.84. The van der Waals surface area contributed by atoms with Crippen LogP contribution in [-0.4, -0.2) is 21.4 Å². The number of benzene rings is 1. The average molecular weight is 376 g/mol. The van der Waals surface area contributed by atoms with Gasteiger partial charge in [0.15, 0.2) is 0 Å². The summed E-state index contributed by atoms with van der Waals surface area (Å²) in [7, 11) is 0. The zero-order valence-corrected chi connectivity index (χ0v) is 14.5. The molecule has 4 nitrogen and oxygen atoms in total. The number of aromatic nitrogens is 1. The SMILES string of the molecule is Cc1cc2n(c1C(=O)c1ccc(Br)cc1)CCCCC2C(=O)O. The molecule has 1 aromatic carbocycles. The van der Waals surface area contributed by atoms with Gasteiger partial charge < -0.3 is 9.67 Å². The number of carbonyl (C=O) groups excluding carboxylic acids is 1. The maximum absolute atomic E-state index is 12.9. The van der Waals surface area contributed by atoms with E-state index in [9.17, 15) is 14.7 Å². The Morgan fingerprint density at radius 3 is 2.57 bits per heavy atom. The van der Waals surface area contributed by atoms with Crippen LogP contribution in [0.2, 0.25) is 0 Å². The topological polar surface area (TPSA) is 59.3 Å². The zero-order chi connectivity index (χ0) is 16.6. The van der Waals surface area contributed by atoms with Gasteiger partial charge in [0, 0.05) is 22.3 Å². The van der Waals surface area contributed by atoms with Crippen LogP contribution >= 0.6 is 15.9 Å². The molecule has 1 aliphatic heterocycles. The summed E-state index contributed by atoms with van der Waals surface area (Å²) in [5.74, 6) is -1.39. The van der Waals surface area contributed by atoms with Crippen molar-refractivity contribution in [1.29, 1.82) is 0 Å². The first-order valence-corrected chi connectivity index (χ1v) is 8.51. The summed E-state index contributed by atoms with van der Waals surface area (Å²) in [6.45, 7) is 2.58. The number of rotatable bonds is 3. The van der Waals surface area contributed by atoms with Crippen LogP contribution in [0, 0.1) is 6.92 Å². The maximum atomic E-state index is 12.9. The molecule has 1 aromatic heterocycles. The number of carbonyl (C=O) groups is 2. The highest BCUT2D eigenvalue weighted by Crippen LogP contribution is 2.32. The van der Waals surface area contributed by atoms with Crippen LogP contribution in [0.5, 0.6) is 0 Å². The highest BCUT2D eigenvalue weighted by molar-refractivity contribution is 9.10. The monoisotopic (exact) mass is 375 g/mol. The summed E-state index contributed by atoms with van der Waals surface area (Å²) in [5.41, 5.74) is 2.85. The summed E-state index contributed by atoms with van der Waals surface area (Å²) in [6, 6.07) is 9.13. The first-order valence-electron chi connectivity index (χ1n) is 7.72. The lowest BCUT2D eigenvalue weighted by atomic mass is 9.99. The number of carboxylic acids is 1. The van der Waals surface area contributed by atoms with Gasteiger partial charge >= 0.3 is 5.97 Å². The number of fused-ring (bicyclic) bond motifs is 1. The lowest BCUT2D eigenvalue weighted by molar-refractivity contribution is -0.139. The Morgan fingerprint density at radius 1 is 1.22 bits per heavy atom. The van der Waals surface area contributed by atoms with E-state index in [1.54, 1.807) is 12.1 Å². The van der Waals surface area contributed by atoms with Gasteiger partial charge in [-0.1, -0.05) is 22.4 Å². The highest BCUT2D eigenvalue weighted by Gasteiger charge is 2.29. The smallest absolute Gasteiger partial charge is 0.312 e. The van der Waals surface area contributed by atoms with Gasteiger partial charge in [0.05, 0.1) is 11.6 Å². The molecule has 120 valence electrons. The van der Waals surface area contributed by atoms with Crippen LogP contribution in [0.3, 0.4) is 0 Å². The summed E-state index contributed by atoms with van der Waals surface area (Å²) in [4.78, 5) is 24.5. The Morgan fingerprint density at radius 2 is 1.91 bits per heavy atom. The van der Waals surface area contributed by atoms with Crippen molar-refractivity contribution in [2.24, 2.45) is 0 Å². The van der Waals surface area contributed by atoms with E-state index in [-0.39, 0.29) is 5.78 Å². The molecule has 0 spiro atoms. The fourth-order valence-electron chi connectivity index (χ4n) is 3.30. The van der Waals surface area contributed by atoms with Crippen molar-refractivity contribution in [2.45, 2.75) is 38.6 Å². The Labute approximate surface area is 143 Å². The lowest BCUT2D eigenvalue weighted by Gasteiger charge is -2.13. The number of halogens is 1. The Kier molecular flexibility index (Phi) is 4.39. The van der Waals surface area contributed by atoms with Gasteiger partial charge in [-0.2, -0.15) is 0 Å². The number of hydrogen-bond donors (Lipinski definition) is 1. The van der Waals surface area contributed by atoms with Crippen LogP contribution in [0.1, 0.15) is 52.5 Å². The number of carboxylic acid groups (broad SMARTS) is 1. The van der Waals surface area contributed by atoms with E-state index in [1.165, 1.54) is 0 Å². The molecule has 0 saturated carbocycles. The molecular formula is C18H18BrNO3. The van der Waals surface area contributed by atoms with Gasteiger partial charge in [-0.25, -0.2) is 0 Å². The van der Waals surface area contributed by atoms with E-state index in [4.69, 9.17) is 0 Å². The Bertz CT molecular complexity index is 761. The fraction of sp³-hybridized carbons (Fsp3) is 0.333. The molecule has 1 N–H and O–H groups in total. The molecule has 0 bridgehead atoms. The largest absolute Gasteiger partial charge is 0.481 e. The van der Waals surface area contributed by atoms with E-state index in [2.05, 4.69) is 15.9 Å². The number of hydrogen-bond acceptors (Lipinski definition) is 2. The van der Waals surface area contributed by atoms with Gasteiger partial charge in [-0.15, -0.1) is 0 Å². The number of nitrogens with zero attached hydrogens (tertiary/aromatic N) is 1. The molecule has 0 amide bonds. The third kappa shape index (κ3) is 2.98. The molecule has 5 heteroatoms. The van der Waals surface area contributed by atoms with E-state index in [0.717, 1.165) is 28.6 Å². The fourth-order valence-corrected chi connectivity index (χ4v) is 3.56. The third-order valence-corrected chi connectivity index (χ3v) is 4.95. The number of aliphatic carboxylic acids is 1. The van der Waals surface area contributed by atoms with Crippen LogP contribution in [0.25, 0.3) is 0 Å². The van der Waals surface area contributed by atoms with Crippen molar-refractivity contribution < 1.29 is 14.7 Å². The maximum Gasteiger partial charge on any atom is 0.312 e. The Balaban J connectivity index is 2.08. The Hall–Kier alpha value is -1.88. The van der Waals surface area contributed by atoms with Gasteiger partial charge in [0.1, 0.15) is 0 Å². The van der Waals surface area contributed by atoms with Gasteiger partial charge in [-0.05, 0) is 55.7 Å². The molecule has 0 radical (unpaired) electrons. The molecule has 2 heterocycles. The minimum absolute atomic E-state index is 0.0488. The van der Waals surface area contributed by atoms with E-state index in [1.807, 2.05) is 29.7 Å². The second-order valence-electron chi connectivity index (χ2n) is 5.98. The summed E-state index contributed by atoms with van der Waals surface area (Å²) in [6.07, 6.45) is 2.39. The standard InChI is InChI=1S/C18H18BrNO3/c1-11-10-15-14(18(22)23)4-2-3-9-20(15)16(11)17(21)12-5-7-13(19)8-6-12/h5-8,10,14H,2-4,9H2,1H3,(H,22,23). The average Bonchev–Trinajstić information content (AvgIpc) is 2.69. The second kappa shape index (κ2) is 6.32. The molecular weight excluding hydrogens is 358 g/mol. The summed E-state index contributed by atoms with van der Waals surface area (Å²) in [5, 5.41) is 9.49. The van der Waals surface area contributed by atoms with Crippen molar-refractivity contribution in [2.75, 3.05) is 0 Å². The minimum Gasteiger partial charge on any atom is -0.481 e. The molecule has 3 rings (SSSR count). The molecule has 1 atom stereocenters. The van der Waals surface area contributed by atoms with E-state index < -0.39 is 11.9 Å². The minimum atomic E-state index is -0.812. The van der Waals surface area contributed by atoms with Crippen molar-refractivity contribution in [3.8, 4) is 0 Å². The summed E-state index contributed by atoms with van der Waals surface area (Å²) >= 11 is 3.37. The first kappa shape index (κ1) is 16.0. The predicted octanol–water partition coefficient (Wildman–Crippen LogP) is 4.14. The third-order valence-electron chi connectivity index (χ3n) is 4.42. The van der Waals surface area contributed by atoms with Crippen LogP contribution < -0.4 is 0 Å². The van der Waals surface area contributed by atoms with E-state index in [0.29, 0.717) is 24.2 Å². The predicted molar refractivity (Wildman–Crippen MR) is 91.0 cm³/mol. The first-order chi connectivity index (χ1) is 11.0. The van der Waals surface area contributed by atoms with E-state index >= 15 is 0 Å². The lowest BCUT2D eigenvalue weighted by Crippen LogP contribution is -2.17. The van der Waals surface area contributed by atoms with Gasteiger partial charge in [-0.3, -0.25) is 9.59 Å². The van der Waals surface area contributed by atoms with Gasteiger partial charge in [0.25, 0.3) is 0 Å². The molecule has 2 aromatic rings.